The number of aliphatic hydroxyl groups excluding tert-OH is 1. The van der Waals surface area contributed by atoms with Gasteiger partial charge in [0.25, 0.3) is 0 Å². The predicted octanol–water partition coefficient (Wildman–Crippen LogP) is 8.00. The van der Waals surface area contributed by atoms with Crippen molar-refractivity contribution in [2.75, 3.05) is 0 Å². The summed E-state index contributed by atoms with van der Waals surface area (Å²) in [6, 6.07) is 24.1. The molecular formula is C29H29NOS. The number of hydrogen-bond donors (Lipinski definition) is 1. The Morgan fingerprint density at radius 2 is 1.50 bits per heavy atom. The van der Waals surface area contributed by atoms with Gasteiger partial charge in [0.15, 0.2) is 0 Å². The maximum Gasteiger partial charge on any atom is 0.105 e. The average molecular weight is 440 g/mol. The summed E-state index contributed by atoms with van der Waals surface area (Å²) < 4.78 is 2.35. The van der Waals surface area contributed by atoms with E-state index in [-0.39, 0.29) is 0 Å². The molecule has 5 aromatic rings. The molecule has 3 aromatic carbocycles. The highest BCUT2D eigenvalue weighted by Crippen LogP contribution is 2.35. The molecule has 3 heteroatoms. The third kappa shape index (κ3) is 3.66. The van der Waals surface area contributed by atoms with Gasteiger partial charge in [0.2, 0.25) is 0 Å². The van der Waals surface area contributed by atoms with E-state index in [9.17, 15) is 5.11 Å². The normalized spacial score (nSPS) is 12.8. The second-order valence-electron chi connectivity index (χ2n) is 8.92. The van der Waals surface area contributed by atoms with Gasteiger partial charge in [-0.2, -0.15) is 11.3 Å². The summed E-state index contributed by atoms with van der Waals surface area (Å²) >= 11 is 1.61. The van der Waals surface area contributed by atoms with Crippen molar-refractivity contribution in [2.45, 2.75) is 45.6 Å². The summed E-state index contributed by atoms with van der Waals surface area (Å²) in [6.45, 7) is 6.73. The topological polar surface area (TPSA) is 25.2 Å². The highest BCUT2D eigenvalue weighted by atomic mass is 32.1. The van der Waals surface area contributed by atoms with E-state index in [0.29, 0.717) is 5.92 Å². The first-order valence-corrected chi connectivity index (χ1v) is 12.4. The Balaban J connectivity index is 1.67. The molecule has 0 aliphatic carbocycles. The van der Waals surface area contributed by atoms with Gasteiger partial charge >= 0.3 is 0 Å². The van der Waals surface area contributed by atoms with Crippen molar-refractivity contribution >= 4 is 33.1 Å². The van der Waals surface area contributed by atoms with E-state index in [1.807, 2.05) is 29.0 Å². The van der Waals surface area contributed by atoms with E-state index >= 15 is 0 Å². The number of aromatic nitrogens is 1. The van der Waals surface area contributed by atoms with Gasteiger partial charge < -0.3 is 9.67 Å². The van der Waals surface area contributed by atoms with Crippen LogP contribution in [0.4, 0.5) is 0 Å². The highest BCUT2D eigenvalue weighted by Gasteiger charge is 2.16. The molecule has 32 heavy (non-hydrogen) atoms. The maximum atomic E-state index is 10.7. The van der Waals surface area contributed by atoms with Crippen LogP contribution in [0.5, 0.6) is 0 Å². The SMILES string of the molecule is CCCc1ccc2c(c1)c1cc(C(C)C)ccc1n2-c1ccc(C(O)c2ccsc2)cc1. The van der Waals surface area contributed by atoms with Gasteiger partial charge in [0.05, 0.1) is 11.0 Å². The Labute approximate surface area is 193 Å². The number of fused-ring (bicyclic) bond motifs is 3. The van der Waals surface area contributed by atoms with Crippen molar-refractivity contribution in [3.63, 3.8) is 0 Å². The van der Waals surface area contributed by atoms with Gasteiger partial charge in [-0.3, -0.25) is 0 Å². The van der Waals surface area contributed by atoms with Crippen LogP contribution in [0.25, 0.3) is 27.5 Å². The van der Waals surface area contributed by atoms with Gasteiger partial charge in [0, 0.05) is 16.5 Å². The van der Waals surface area contributed by atoms with Crippen molar-refractivity contribution in [3.05, 3.63) is 99.7 Å². The third-order valence-corrected chi connectivity index (χ3v) is 7.09. The number of aryl methyl sites for hydroxylation is 1. The standard InChI is InChI=1S/C29H29NOS/c1-4-5-20-6-12-27-25(16-20)26-17-22(19(2)3)9-13-28(26)30(27)24-10-7-21(8-11-24)29(31)23-14-15-32-18-23/h6-19,29,31H,4-5H2,1-3H3. The Hall–Kier alpha value is -2.88. The molecule has 5 rings (SSSR count). The molecule has 0 aliphatic heterocycles. The Kier molecular flexibility index (Phi) is 5.62. The Morgan fingerprint density at radius 1 is 0.812 bits per heavy atom. The predicted molar refractivity (Wildman–Crippen MR) is 137 cm³/mol. The molecule has 0 saturated carbocycles. The summed E-state index contributed by atoms with van der Waals surface area (Å²) in [7, 11) is 0. The summed E-state index contributed by atoms with van der Waals surface area (Å²) in [5.41, 5.74) is 8.20. The molecule has 0 spiro atoms. The molecule has 0 radical (unpaired) electrons. The van der Waals surface area contributed by atoms with Gasteiger partial charge in [-0.1, -0.05) is 51.5 Å². The molecule has 0 bridgehead atoms. The molecular weight excluding hydrogens is 410 g/mol. The Morgan fingerprint density at radius 3 is 2.16 bits per heavy atom. The van der Waals surface area contributed by atoms with Crippen LogP contribution in [0.2, 0.25) is 0 Å². The fraction of sp³-hybridized carbons (Fsp3) is 0.241. The number of nitrogens with zero attached hydrogens (tertiary/aromatic N) is 1. The van der Waals surface area contributed by atoms with Gasteiger partial charge in [0.1, 0.15) is 6.10 Å². The smallest absolute Gasteiger partial charge is 0.105 e. The molecule has 0 amide bonds. The second kappa shape index (κ2) is 8.57. The van der Waals surface area contributed by atoms with Crippen LogP contribution in [0.1, 0.15) is 61.5 Å². The zero-order valence-corrected chi connectivity index (χ0v) is 19.7. The number of hydrogen-bond acceptors (Lipinski definition) is 2. The zero-order valence-electron chi connectivity index (χ0n) is 18.9. The van der Waals surface area contributed by atoms with Crippen LogP contribution in [-0.2, 0) is 6.42 Å². The van der Waals surface area contributed by atoms with E-state index in [4.69, 9.17) is 0 Å². The first kappa shape index (κ1) is 21.0. The minimum absolute atomic E-state index is 0.495. The lowest BCUT2D eigenvalue weighted by Crippen LogP contribution is -1.99. The molecule has 2 nitrogen and oxygen atoms in total. The van der Waals surface area contributed by atoms with E-state index < -0.39 is 6.10 Å². The average Bonchev–Trinajstić information content (AvgIpc) is 3.45. The fourth-order valence-electron chi connectivity index (χ4n) is 4.60. The van der Waals surface area contributed by atoms with Gasteiger partial charge in [-0.05, 0) is 87.8 Å². The minimum atomic E-state index is -0.585. The van der Waals surface area contributed by atoms with E-state index in [0.717, 1.165) is 29.7 Å². The molecule has 2 heterocycles. The summed E-state index contributed by atoms with van der Waals surface area (Å²) in [4.78, 5) is 0. The summed E-state index contributed by atoms with van der Waals surface area (Å²) in [5.74, 6) is 0.495. The van der Waals surface area contributed by atoms with E-state index in [2.05, 4.69) is 73.9 Å². The van der Waals surface area contributed by atoms with Crippen molar-refractivity contribution in [2.24, 2.45) is 0 Å². The van der Waals surface area contributed by atoms with Crippen molar-refractivity contribution < 1.29 is 5.11 Å². The molecule has 1 unspecified atom stereocenters. The van der Waals surface area contributed by atoms with Crippen molar-refractivity contribution in [1.29, 1.82) is 0 Å². The molecule has 1 atom stereocenters. The largest absolute Gasteiger partial charge is 0.384 e. The van der Waals surface area contributed by atoms with Crippen LogP contribution in [0.3, 0.4) is 0 Å². The van der Waals surface area contributed by atoms with Gasteiger partial charge in [-0.15, -0.1) is 0 Å². The fourth-order valence-corrected chi connectivity index (χ4v) is 5.28. The van der Waals surface area contributed by atoms with Crippen LogP contribution in [0, 0.1) is 0 Å². The van der Waals surface area contributed by atoms with Crippen LogP contribution < -0.4 is 0 Å². The lowest BCUT2D eigenvalue weighted by molar-refractivity contribution is 0.221. The molecule has 0 saturated heterocycles. The van der Waals surface area contributed by atoms with Crippen LogP contribution in [-0.4, -0.2) is 9.67 Å². The molecule has 2 aromatic heterocycles. The summed E-state index contributed by atoms with van der Waals surface area (Å²) in [6.07, 6.45) is 1.66. The van der Waals surface area contributed by atoms with E-state index in [1.54, 1.807) is 11.3 Å². The van der Waals surface area contributed by atoms with Crippen molar-refractivity contribution in [1.82, 2.24) is 4.57 Å². The molecule has 0 fully saturated rings. The Bertz CT molecular complexity index is 1360. The van der Waals surface area contributed by atoms with Crippen LogP contribution >= 0.6 is 11.3 Å². The summed E-state index contributed by atoms with van der Waals surface area (Å²) in [5, 5.41) is 17.3. The van der Waals surface area contributed by atoms with Gasteiger partial charge in [-0.25, -0.2) is 0 Å². The zero-order chi connectivity index (χ0) is 22.2. The molecule has 1 N–H and O–H groups in total. The quantitative estimate of drug-likeness (QED) is 0.285. The molecule has 0 aliphatic rings. The number of benzene rings is 3. The lowest BCUT2D eigenvalue weighted by atomic mass is 10.00. The maximum absolute atomic E-state index is 10.7. The van der Waals surface area contributed by atoms with Crippen LogP contribution in [0.15, 0.2) is 77.5 Å². The van der Waals surface area contributed by atoms with E-state index in [1.165, 1.54) is 32.9 Å². The van der Waals surface area contributed by atoms with Crippen molar-refractivity contribution in [3.8, 4) is 5.69 Å². The first-order valence-electron chi connectivity index (χ1n) is 11.4. The number of thiophene rings is 1. The third-order valence-electron chi connectivity index (χ3n) is 6.38. The second-order valence-corrected chi connectivity index (χ2v) is 9.70. The number of rotatable bonds is 6. The monoisotopic (exact) mass is 439 g/mol. The molecule has 162 valence electrons. The number of aliphatic hydroxyl groups is 1. The highest BCUT2D eigenvalue weighted by molar-refractivity contribution is 7.08. The lowest BCUT2D eigenvalue weighted by Gasteiger charge is -2.13. The minimum Gasteiger partial charge on any atom is -0.384 e. The first-order chi connectivity index (χ1) is 15.6.